The van der Waals surface area contributed by atoms with Crippen LogP contribution in [0.25, 0.3) is 5.03 Å². The number of anilines is 2. The van der Waals surface area contributed by atoms with Gasteiger partial charge in [0.1, 0.15) is 5.75 Å². The molecule has 0 amide bonds. The number of benzene rings is 2. The molecule has 1 aliphatic heterocycles. The maximum absolute atomic E-state index is 12.2. The summed E-state index contributed by atoms with van der Waals surface area (Å²) in [4.78, 5) is 1.88. The van der Waals surface area contributed by atoms with Gasteiger partial charge in [-0.05, 0) is 36.4 Å². The molecule has 0 aromatic heterocycles. The minimum absolute atomic E-state index is 0.272. The van der Waals surface area contributed by atoms with Crippen molar-refractivity contribution in [3.8, 4) is 5.75 Å². The Labute approximate surface area is 140 Å². The summed E-state index contributed by atoms with van der Waals surface area (Å²) < 4.78 is 40.5. The van der Waals surface area contributed by atoms with E-state index in [-0.39, 0.29) is 5.75 Å². The molecule has 0 unspecified atom stereocenters. The molecule has 0 radical (unpaired) electrons. The largest absolute Gasteiger partial charge is 0.573 e. The van der Waals surface area contributed by atoms with E-state index in [0.29, 0.717) is 22.3 Å². The second-order valence-corrected chi connectivity index (χ2v) is 5.65. The summed E-state index contributed by atoms with van der Waals surface area (Å²) in [6, 6.07) is 11.0. The lowest BCUT2D eigenvalue weighted by molar-refractivity contribution is -0.274. The predicted molar refractivity (Wildman–Crippen MR) is 85.4 cm³/mol. The fourth-order valence-corrected chi connectivity index (χ4v) is 2.92. The number of fused-ring (bicyclic) bond motifs is 1. The monoisotopic (exact) mass is 359 g/mol. The molecule has 0 saturated heterocycles. The third-order valence-corrected chi connectivity index (χ3v) is 4.01. The van der Waals surface area contributed by atoms with Crippen LogP contribution >= 0.6 is 23.2 Å². The van der Waals surface area contributed by atoms with Crippen molar-refractivity contribution in [1.82, 2.24) is 0 Å². The van der Waals surface area contributed by atoms with E-state index in [0.717, 1.165) is 11.3 Å². The van der Waals surface area contributed by atoms with Crippen molar-refractivity contribution in [2.45, 2.75) is 6.36 Å². The van der Waals surface area contributed by atoms with E-state index in [1.54, 1.807) is 24.3 Å². The summed E-state index contributed by atoms with van der Waals surface area (Å²) in [6.07, 6.45) is -2.89. The number of hydrogen-bond acceptors (Lipinski definition) is 2. The highest BCUT2D eigenvalue weighted by Gasteiger charge is 2.31. The SMILES string of the molecule is FC(F)(F)Oc1ccc(N2CC=C(Cl)c3cccc(Cl)c32)cc1. The summed E-state index contributed by atoms with van der Waals surface area (Å²) in [6.45, 7) is 0.467. The molecule has 3 rings (SSSR count). The zero-order valence-corrected chi connectivity index (χ0v) is 13.1. The summed E-state index contributed by atoms with van der Waals surface area (Å²) in [5.74, 6) is -0.272. The first-order valence-corrected chi connectivity index (χ1v) is 7.38. The fraction of sp³-hybridized carbons (Fsp3) is 0.125. The lowest BCUT2D eigenvalue weighted by Gasteiger charge is -2.30. The Morgan fingerprint density at radius 2 is 1.70 bits per heavy atom. The molecule has 0 atom stereocenters. The second-order valence-electron chi connectivity index (χ2n) is 4.84. The van der Waals surface area contributed by atoms with Crippen molar-refractivity contribution >= 4 is 39.6 Å². The second kappa shape index (κ2) is 5.98. The van der Waals surface area contributed by atoms with E-state index >= 15 is 0 Å². The van der Waals surface area contributed by atoms with Gasteiger partial charge in [0.05, 0.1) is 10.7 Å². The van der Waals surface area contributed by atoms with Crippen LogP contribution in [0, 0.1) is 0 Å². The molecular formula is C16H10Cl2F3NO. The lowest BCUT2D eigenvalue weighted by Crippen LogP contribution is -2.22. The number of para-hydroxylation sites is 1. The van der Waals surface area contributed by atoms with Crippen LogP contribution in [0.15, 0.2) is 48.5 Å². The number of alkyl halides is 3. The van der Waals surface area contributed by atoms with Gasteiger partial charge in [-0.1, -0.05) is 35.3 Å². The molecule has 0 aliphatic carbocycles. The maximum atomic E-state index is 12.2. The molecule has 0 spiro atoms. The van der Waals surface area contributed by atoms with Gasteiger partial charge in [0.2, 0.25) is 0 Å². The summed E-state index contributed by atoms with van der Waals surface area (Å²) in [5.41, 5.74) is 2.20. The van der Waals surface area contributed by atoms with Crippen LogP contribution in [0.5, 0.6) is 5.75 Å². The standard InChI is InChI=1S/C16H10Cl2F3NO/c17-13-8-9-22(15-12(13)2-1-3-14(15)18)10-4-6-11(7-5-10)23-16(19,20)21/h1-8H,9H2. The Hall–Kier alpha value is -1.85. The molecule has 1 heterocycles. The van der Waals surface area contributed by atoms with E-state index in [4.69, 9.17) is 23.2 Å². The van der Waals surface area contributed by atoms with E-state index in [1.165, 1.54) is 12.1 Å². The van der Waals surface area contributed by atoms with Gasteiger partial charge in [0, 0.05) is 22.8 Å². The van der Waals surface area contributed by atoms with E-state index in [9.17, 15) is 13.2 Å². The van der Waals surface area contributed by atoms with E-state index in [2.05, 4.69) is 4.74 Å². The van der Waals surface area contributed by atoms with E-state index < -0.39 is 6.36 Å². The molecular weight excluding hydrogens is 350 g/mol. The molecule has 2 aromatic carbocycles. The molecule has 2 nitrogen and oxygen atoms in total. The van der Waals surface area contributed by atoms with Crippen LogP contribution in [-0.4, -0.2) is 12.9 Å². The van der Waals surface area contributed by atoms with Crippen LogP contribution in [0.1, 0.15) is 5.56 Å². The summed E-state index contributed by atoms with van der Waals surface area (Å²) >= 11 is 12.5. The average molecular weight is 360 g/mol. The van der Waals surface area contributed by atoms with Gasteiger partial charge in [-0.2, -0.15) is 0 Å². The zero-order chi connectivity index (χ0) is 16.6. The van der Waals surface area contributed by atoms with Gasteiger partial charge in [-0.25, -0.2) is 0 Å². The minimum atomic E-state index is -4.71. The third kappa shape index (κ3) is 3.41. The van der Waals surface area contributed by atoms with Gasteiger partial charge in [0.15, 0.2) is 0 Å². The molecule has 0 saturated carbocycles. The van der Waals surface area contributed by atoms with Gasteiger partial charge < -0.3 is 9.64 Å². The Morgan fingerprint density at radius 1 is 1.00 bits per heavy atom. The lowest BCUT2D eigenvalue weighted by atomic mass is 10.1. The third-order valence-electron chi connectivity index (χ3n) is 3.35. The van der Waals surface area contributed by atoms with Crippen molar-refractivity contribution in [3.63, 3.8) is 0 Å². The number of hydrogen-bond donors (Lipinski definition) is 0. The van der Waals surface area contributed by atoms with Crippen LogP contribution in [0.3, 0.4) is 0 Å². The van der Waals surface area contributed by atoms with Crippen molar-refractivity contribution in [3.05, 3.63) is 59.1 Å². The highest BCUT2D eigenvalue weighted by atomic mass is 35.5. The quantitative estimate of drug-likeness (QED) is 0.654. The van der Waals surface area contributed by atoms with Crippen molar-refractivity contribution in [1.29, 1.82) is 0 Å². The first-order chi connectivity index (χ1) is 10.8. The Kier molecular flexibility index (Phi) is 4.17. The molecule has 23 heavy (non-hydrogen) atoms. The van der Waals surface area contributed by atoms with Crippen molar-refractivity contribution in [2.75, 3.05) is 11.4 Å². The number of ether oxygens (including phenoxy) is 1. The predicted octanol–water partition coefficient (Wildman–Crippen LogP) is 5.97. The number of nitrogens with zero attached hydrogens (tertiary/aromatic N) is 1. The van der Waals surface area contributed by atoms with E-state index in [1.807, 2.05) is 17.0 Å². The molecule has 1 aliphatic rings. The normalized spacial score (nSPS) is 14.3. The van der Waals surface area contributed by atoms with Gasteiger partial charge in [0.25, 0.3) is 0 Å². The molecule has 0 N–H and O–H groups in total. The fourth-order valence-electron chi connectivity index (χ4n) is 2.42. The molecule has 0 bridgehead atoms. The Balaban J connectivity index is 1.95. The highest BCUT2D eigenvalue weighted by Crippen LogP contribution is 2.42. The van der Waals surface area contributed by atoms with Crippen LogP contribution < -0.4 is 9.64 Å². The zero-order valence-electron chi connectivity index (χ0n) is 11.6. The number of halogens is 5. The average Bonchev–Trinajstić information content (AvgIpc) is 2.48. The minimum Gasteiger partial charge on any atom is -0.406 e. The smallest absolute Gasteiger partial charge is 0.406 e. The van der Waals surface area contributed by atoms with Crippen LogP contribution in [0.4, 0.5) is 24.5 Å². The summed E-state index contributed by atoms with van der Waals surface area (Å²) in [7, 11) is 0. The summed E-state index contributed by atoms with van der Waals surface area (Å²) in [5, 5.41) is 1.11. The molecule has 120 valence electrons. The van der Waals surface area contributed by atoms with Crippen molar-refractivity contribution in [2.24, 2.45) is 0 Å². The van der Waals surface area contributed by atoms with Gasteiger partial charge >= 0.3 is 6.36 Å². The first kappa shape index (κ1) is 16.0. The molecule has 0 fully saturated rings. The topological polar surface area (TPSA) is 12.5 Å². The molecule has 2 aromatic rings. The molecule has 7 heteroatoms. The number of rotatable bonds is 2. The first-order valence-electron chi connectivity index (χ1n) is 6.63. The van der Waals surface area contributed by atoms with Gasteiger partial charge in [-0.15, -0.1) is 13.2 Å². The Bertz CT molecular complexity index is 757. The van der Waals surface area contributed by atoms with Gasteiger partial charge in [-0.3, -0.25) is 0 Å². The van der Waals surface area contributed by atoms with Crippen LogP contribution in [-0.2, 0) is 0 Å². The maximum Gasteiger partial charge on any atom is 0.573 e. The van der Waals surface area contributed by atoms with Crippen LogP contribution in [0.2, 0.25) is 5.02 Å². The van der Waals surface area contributed by atoms with Crippen molar-refractivity contribution < 1.29 is 17.9 Å². The highest BCUT2D eigenvalue weighted by molar-refractivity contribution is 6.50. The Morgan fingerprint density at radius 3 is 2.35 bits per heavy atom.